The Balaban J connectivity index is 3.84. The van der Waals surface area contributed by atoms with Crippen LogP contribution in [-0.4, -0.2) is 19.4 Å². The number of aliphatic imine (C=N–C) groups is 1. The zero-order chi connectivity index (χ0) is 7.28. The van der Waals surface area contributed by atoms with Crippen LogP contribution in [0.15, 0.2) is 16.8 Å². The Morgan fingerprint density at radius 3 is 2.67 bits per heavy atom. The van der Waals surface area contributed by atoms with E-state index in [9.17, 15) is 4.39 Å². The van der Waals surface area contributed by atoms with Gasteiger partial charge in [0.2, 0.25) is 0 Å². The first kappa shape index (κ1) is 8.14. The molecule has 2 nitrogen and oxygen atoms in total. The molecule has 0 radical (unpaired) electrons. The van der Waals surface area contributed by atoms with Crippen molar-refractivity contribution in [2.75, 3.05) is 7.05 Å². The molecule has 0 aliphatic rings. The van der Waals surface area contributed by atoms with Gasteiger partial charge < -0.3 is 5.73 Å². The highest BCUT2D eigenvalue weighted by Gasteiger charge is 1.97. The summed E-state index contributed by atoms with van der Waals surface area (Å²) in [6, 6.07) is 0. The van der Waals surface area contributed by atoms with Crippen molar-refractivity contribution >= 4 is 6.21 Å². The van der Waals surface area contributed by atoms with Gasteiger partial charge >= 0.3 is 0 Å². The molecule has 0 saturated carbocycles. The van der Waals surface area contributed by atoms with E-state index in [1.807, 2.05) is 0 Å². The first-order chi connectivity index (χ1) is 4.18. The van der Waals surface area contributed by atoms with E-state index in [1.165, 1.54) is 19.2 Å². The van der Waals surface area contributed by atoms with E-state index in [0.29, 0.717) is 0 Å². The number of nitrogens with zero attached hydrogens (tertiary/aromatic N) is 1. The summed E-state index contributed by atoms with van der Waals surface area (Å²) in [7, 11) is 1.60. The van der Waals surface area contributed by atoms with Crippen molar-refractivity contribution in [3.05, 3.63) is 11.8 Å². The van der Waals surface area contributed by atoms with Crippen molar-refractivity contribution in [3.8, 4) is 0 Å². The normalized spacial score (nSPS) is 16.6. The molecule has 0 heterocycles. The quantitative estimate of drug-likeness (QED) is 0.554. The van der Waals surface area contributed by atoms with Crippen molar-refractivity contribution in [1.29, 1.82) is 0 Å². The molecule has 0 aliphatic heterocycles. The zero-order valence-corrected chi connectivity index (χ0v) is 5.63. The molecule has 0 spiro atoms. The molecule has 0 aromatic rings. The van der Waals surface area contributed by atoms with Crippen LogP contribution in [0, 0.1) is 0 Å². The van der Waals surface area contributed by atoms with E-state index in [4.69, 9.17) is 5.73 Å². The zero-order valence-electron chi connectivity index (χ0n) is 5.63. The number of alkyl halides is 1. The Hall–Kier alpha value is -0.860. The monoisotopic (exact) mass is 130 g/mol. The van der Waals surface area contributed by atoms with Crippen molar-refractivity contribution in [3.63, 3.8) is 0 Å². The molecule has 0 rings (SSSR count). The van der Waals surface area contributed by atoms with Gasteiger partial charge in [0.15, 0.2) is 0 Å². The van der Waals surface area contributed by atoms with E-state index in [-0.39, 0.29) is 5.70 Å². The number of halogens is 1. The molecule has 0 saturated heterocycles. The Morgan fingerprint density at radius 1 is 1.78 bits per heavy atom. The average Bonchev–Trinajstić information content (AvgIpc) is 1.82. The first-order valence-corrected chi connectivity index (χ1v) is 2.70. The number of hydrogen-bond acceptors (Lipinski definition) is 2. The van der Waals surface area contributed by atoms with Crippen LogP contribution >= 0.6 is 0 Å². The summed E-state index contributed by atoms with van der Waals surface area (Å²) in [5, 5.41) is 0. The fourth-order valence-electron chi connectivity index (χ4n) is 0.293. The van der Waals surface area contributed by atoms with E-state index >= 15 is 0 Å². The van der Waals surface area contributed by atoms with Gasteiger partial charge in [0, 0.05) is 19.0 Å². The van der Waals surface area contributed by atoms with E-state index in [1.54, 1.807) is 7.05 Å². The van der Waals surface area contributed by atoms with Crippen LogP contribution in [0.25, 0.3) is 0 Å². The lowest BCUT2D eigenvalue weighted by Gasteiger charge is -1.97. The maximum absolute atomic E-state index is 12.2. The van der Waals surface area contributed by atoms with Crippen LogP contribution in [-0.2, 0) is 0 Å². The summed E-state index contributed by atoms with van der Waals surface area (Å²) in [6.45, 7) is 1.38. The molecule has 2 N–H and O–H groups in total. The lowest BCUT2D eigenvalue weighted by molar-refractivity contribution is 0.408. The number of allylic oxidation sites excluding steroid dienone is 2. The number of hydrogen-bond donors (Lipinski definition) is 1. The second kappa shape index (κ2) is 4.06. The second-order valence-electron chi connectivity index (χ2n) is 1.69. The summed E-state index contributed by atoms with van der Waals surface area (Å²) in [4.78, 5) is 3.61. The van der Waals surface area contributed by atoms with Crippen LogP contribution in [0.1, 0.15) is 6.92 Å². The van der Waals surface area contributed by atoms with Gasteiger partial charge in [0.1, 0.15) is 6.17 Å². The largest absolute Gasteiger partial charge is 0.400 e. The van der Waals surface area contributed by atoms with Gasteiger partial charge in [0.25, 0.3) is 0 Å². The third-order valence-electron chi connectivity index (χ3n) is 0.875. The molecule has 1 atom stereocenters. The number of rotatable bonds is 2. The van der Waals surface area contributed by atoms with Crippen LogP contribution < -0.4 is 5.73 Å². The van der Waals surface area contributed by atoms with Gasteiger partial charge in [-0.05, 0) is 13.0 Å². The summed E-state index contributed by atoms with van der Waals surface area (Å²) in [5.41, 5.74) is 5.41. The third-order valence-corrected chi connectivity index (χ3v) is 0.875. The summed E-state index contributed by atoms with van der Waals surface area (Å²) in [6.07, 6.45) is 1.83. The van der Waals surface area contributed by atoms with Crippen molar-refractivity contribution in [1.82, 2.24) is 0 Å². The van der Waals surface area contributed by atoms with Crippen LogP contribution in [0.3, 0.4) is 0 Å². The second-order valence-corrected chi connectivity index (χ2v) is 1.69. The van der Waals surface area contributed by atoms with Crippen molar-refractivity contribution in [2.24, 2.45) is 10.7 Å². The minimum absolute atomic E-state index is 0.209. The molecule has 0 aliphatic carbocycles. The molecule has 52 valence electrons. The lowest BCUT2D eigenvalue weighted by Crippen LogP contribution is -2.08. The number of nitrogens with two attached hydrogens (primary N) is 1. The molecule has 3 heteroatoms. The standard InChI is InChI=1S/C6H11FN2/c1-5(7)6(8)3-4-9-2/h3-5H,8H2,1-2H3. The molecular formula is C6H11FN2. The van der Waals surface area contributed by atoms with Gasteiger partial charge in [-0.25, -0.2) is 4.39 Å². The Kier molecular flexibility index (Phi) is 3.67. The van der Waals surface area contributed by atoms with Gasteiger partial charge in [0.05, 0.1) is 0 Å². The van der Waals surface area contributed by atoms with Crippen LogP contribution in [0.4, 0.5) is 4.39 Å². The van der Waals surface area contributed by atoms with Crippen molar-refractivity contribution < 1.29 is 4.39 Å². The minimum atomic E-state index is -1.08. The Morgan fingerprint density at radius 2 is 2.33 bits per heavy atom. The summed E-state index contributed by atoms with van der Waals surface area (Å²) >= 11 is 0. The smallest absolute Gasteiger partial charge is 0.136 e. The highest BCUT2D eigenvalue weighted by atomic mass is 19.1. The van der Waals surface area contributed by atoms with Crippen molar-refractivity contribution in [2.45, 2.75) is 13.1 Å². The first-order valence-electron chi connectivity index (χ1n) is 2.70. The molecule has 1 unspecified atom stereocenters. The fourth-order valence-corrected chi connectivity index (χ4v) is 0.293. The SMILES string of the molecule is CN=CC=C(N)C(C)F. The van der Waals surface area contributed by atoms with E-state index in [2.05, 4.69) is 4.99 Å². The molecular weight excluding hydrogens is 119 g/mol. The molecule has 0 amide bonds. The van der Waals surface area contributed by atoms with Gasteiger partial charge in [-0.1, -0.05) is 0 Å². The highest BCUT2D eigenvalue weighted by molar-refractivity contribution is 5.71. The third kappa shape index (κ3) is 3.70. The molecule has 0 aromatic heterocycles. The Labute approximate surface area is 54.3 Å². The van der Waals surface area contributed by atoms with E-state index < -0.39 is 6.17 Å². The van der Waals surface area contributed by atoms with Gasteiger partial charge in [-0.3, -0.25) is 4.99 Å². The maximum Gasteiger partial charge on any atom is 0.136 e. The summed E-state index contributed by atoms with van der Waals surface area (Å²) < 4.78 is 12.2. The molecule has 0 aromatic carbocycles. The minimum Gasteiger partial charge on any atom is -0.400 e. The molecule has 0 fully saturated rings. The Bertz CT molecular complexity index is 127. The van der Waals surface area contributed by atoms with E-state index in [0.717, 1.165) is 0 Å². The lowest BCUT2D eigenvalue weighted by atomic mass is 10.3. The fraction of sp³-hybridized carbons (Fsp3) is 0.500. The van der Waals surface area contributed by atoms with Crippen LogP contribution in [0.5, 0.6) is 0 Å². The topological polar surface area (TPSA) is 38.4 Å². The van der Waals surface area contributed by atoms with Crippen LogP contribution in [0.2, 0.25) is 0 Å². The molecule has 9 heavy (non-hydrogen) atoms. The van der Waals surface area contributed by atoms with Gasteiger partial charge in [-0.15, -0.1) is 0 Å². The predicted octanol–water partition coefficient (Wildman–Crippen LogP) is 0.888. The maximum atomic E-state index is 12.2. The average molecular weight is 130 g/mol. The predicted molar refractivity (Wildman–Crippen MR) is 37.3 cm³/mol. The molecule has 0 bridgehead atoms. The summed E-state index contributed by atoms with van der Waals surface area (Å²) in [5.74, 6) is 0. The highest BCUT2D eigenvalue weighted by Crippen LogP contribution is 1.95. The van der Waals surface area contributed by atoms with Gasteiger partial charge in [-0.2, -0.15) is 0 Å².